The van der Waals surface area contributed by atoms with E-state index < -0.39 is 0 Å². The van der Waals surface area contributed by atoms with Gasteiger partial charge in [-0.25, -0.2) is 0 Å². The van der Waals surface area contributed by atoms with E-state index in [0.717, 1.165) is 19.5 Å². The molecule has 0 fully saturated rings. The van der Waals surface area contributed by atoms with Gasteiger partial charge in [-0.3, -0.25) is 9.59 Å². The summed E-state index contributed by atoms with van der Waals surface area (Å²) in [6, 6.07) is 3.00. The molecular formula is C13H18ClN3O2. The van der Waals surface area contributed by atoms with Gasteiger partial charge in [-0.2, -0.15) is 0 Å². The van der Waals surface area contributed by atoms with Crippen LogP contribution in [0.5, 0.6) is 0 Å². The third-order valence-corrected chi connectivity index (χ3v) is 3.00. The number of nitrogens with one attached hydrogen (secondary N) is 2. The molecule has 0 saturated carbocycles. The van der Waals surface area contributed by atoms with Crippen molar-refractivity contribution in [1.82, 2.24) is 15.2 Å². The number of aromatic nitrogens is 1. The Morgan fingerprint density at radius 2 is 2.32 bits per heavy atom. The smallest absolute Gasteiger partial charge is 0.251 e. The van der Waals surface area contributed by atoms with E-state index in [-0.39, 0.29) is 23.9 Å². The van der Waals surface area contributed by atoms with Crippen LogP contribution in [0.4, 0.5) is 0 Å². The minimum Gasteiger partial charge on any atom is -0.348 e. The fourth-order valence-electron chi connectivity index (χ4n) is 1.82. The number of amides is 1. The molecule has 0 radical (unpaired) electrons. The molecule has 1 amide bonds. The van der Waals surface area contributed by atoms with Gasteiger partial charge in [-0.1, -0.05) is 11.6 Å². The van der Waals surface area contributed by atoms with Crippen molar-refractivity contribution >= 4 is 18.3 Å². The zero-order valence-electron chi connectivity index (χ0n) is 10.8. The van der Waals surface area contributed by atoms with Crippen LogP contribution in [0.3, 0.4) is 0 Å². The van der Waals surface area contributed by atoms with Gasteiger partial charge in [0.15, 0.2) is 0 Å². The predicted octanol–water partition coefficient (Wildman–Crippen LogP) is 0.457. The molecule has 19 heavy (non-hydrogen) atoms. The highest BCUT2D eigenvalue weighted by atomic mass is 35.5. The maximum Gasteiger partial charge on any atom is 0.251 e. The van der Waals surface area contributed by atoms with Crippen LogP contribution in [-0.2, 0) is 7.05 Å². The zero-order chi connectivity index (χ0) is 13.0. The molecule has 0 unspecified atom stereocenters. The van der Waals surface area contributed by atoms with Gasteiger partial charge in [0.2, 0.25) is 0 Å². The van der Waals surface area contributed by atoms with Crippen LogP contribution in [-0.4, -0.2) is 30.1 Å². The lowest BCUT2D eigenvalue weighted by Crippen LogP contribution is -2.30. The molecule has 0 saturated heterocycles. The molecule has 0 spiro atoms. The minimum atomic E-state index is -0.202. The van der Waals surface area contributed by atoms with Gasteiger partial charge in [-0.15, -0.1) is 12.4 Å². The Morgan fingerprint density at radius 3 is 2.95 bits per heavy atom. The monoisotopic (exact) mass is 283 g/mol. The van der Waals surface area contributed by atoms with Crippen LogP contribution in [0, 0.1) is 0 Å². The number of hydrogen-bond acceptors (Lipinski definition) is 3. The maximum absolute atomic E-state index is 11.8. The van der Waals surface area contributed by atoms with Crippen molar-refractivity contribution in [2.24, 2.45) is 7.05 Å². The minimum absolute atomic E-state index is 0. The van der Waals surface area contributed by atoms with E-state index in [0.29, 0.717) is 12.1 Å². The number of carbonyl (C=O) groups excluding carboxylic acids is 1. The summed E-state index contributed by atoms with van der Waals surface area (Å²) in [6.45, 7) is 2.36. The zero-order valence-corrected chi connectivity index (χ0v) is 11.6. The number of nitrogens with zero attached hydrogens (tertiary/aromatic N) is 1. The van der Waals surface area contributed by atoms with Crippen molar-refractivity contribution in [2.75, 3.05) is 19.6 Å². The third-order valence-electron chi connectivity index (χ3n) is 3.00. The second kappa shape index (κ2) is 7.11. The summed E-state index contributed by atoms with van der Waals surface area (Å²) in [5, 5.41) is 6.05. The lowest BCUT2D eigenvalue weighted by Gasteiger charge is -2.14. The van der Waals surface area contributed by atoms with Crippen molar-refractivity contribution in [2.45, 2.75) is 6.42 Å². The molecule has 0 bridgehead atoms. The van der Waals surface area contributed by atoms with E-state index in [2.05, 4.69) is 16.7 Å². The Bertz CT molecular complexity index is 537. The molecule has 0 aliphatic carbocycles. The average Bonchev–Trinajstić information content (AvgIpc) is 2.40. The highest BCUT2D eigenvalue weighted by Gasteiger charge is 2.08. The second-order valence-corrected chi connectivity index (χ2v) is 4.36. The number of rotatable bonds is 3. The van der Waals surface area contributed by atoms with Gasteiger partial charge in [0.25, 0.3) is 11.5 Å². The van der Waals surface area contributed by atoms with Gasteiger partial charge in [0, 0.05) is 38.0 Å². The van der Waals surface area contributed by atoms with E-state index in [9.17, 15) is 9.59 Å². The molecular weight excluding hydrogens is 266 g/mol. The number of aryl methyl sites for hydroxylation is 1. The van der Waals surface area contributed by atoms with Crippen LogP contribution in [0.15, 0.2) is 34.8 Å². The number of carbonyl (C=O) groups is 1. The van der Waals surface area contributed by atoms with E-state index >= 15 is 0 Å². The Hall–Kier alpha value is -1.59. The van der Waals surface area contributed by atoms with Crippen molar-refractivity contribution in [3.05, 3.63) is 45.9 Å². The summed E-state index contributed by atoms with van der Waals surface area (Å²) in [4.78, 5) is 23.3. The predicted molar refractivity (Wildman–Crippen MR) is 76.8 cm³/mol. The highest BCUT2D eigenvalue weighted by Crippen LogP contribution is 2.03. The summed E-state index contributed by atoms with van der Waals surface area (Å²) in [5.74, 6) is -0.202. The first kappa shape index (κ1) is 15.5. The Labute approximate surface area is 118 Å². The first-order valence-corrected chi connectivity index (χ1v) is 6.00. The molecule has 2 N–H and O–H groups in total. The van der Waals surface area contributed by atoms with E-state index in [4.69, 9.17) is 0 Å². The number of pyridine rings is 1. The first-order chi connectivity index (χ1) is 8.66. The summed E-state index contributed by atoms with van der Waals surface area (Å²) < 4.78 is 1.44. The fourth-order valence-corrected chi connectivity index (χ4v) is 1.82. The molecule has 1 aromatic heterocycles. The van der Waals surface area contributed by atoms with E-state index in [1.165, 1.54) is 16.2 Å². The van der Waals surface area contributed by atoms with Crippen LogP contribution in [0.1, 0.15) is 16.8 Å². The van der Waals surface area contributed by atoms with Crippen LogP contribution < -0.4 is 16.2 Å². The first-order valence-electron chi connectivity index (χ1n) is 6.00. The van der Waals surface area contributed by atoms with Gasteiger partial charge in [-0.05, 0) is 19.0 Å². The van der Waals surface area contributed by atoms with Crippen LogP contribution in [0.25, 0.3) is 0 Å². The molecule has 104 valence electrons. The van der Waals surface area contributed by atoms with E-state index in [1.54, 1.807) is 19.3 Å². The lowest BCUT2D eigenvalue weighted by molar-refractivity contribution is 0.0956. The van der Waals surface area contributed by atoms with Crippen molar-refractivity contribution in [1.29, 1.82) is 0 Å². The maximum atomic E-state index is 11.8. The summed E-state index contributed by atoms with van der Waals surface area (Å²) in [5.41, 5.74) is 1.46. The molecule has 1 aromatic rings. The van der Waals surface area contributed by atoms with Crippen molar-refractivity contribution < 1.29 is 4.79 Å². The van der Waals surface area contributed by atoms with Gasteiger partial charge < -0.3 is 15.2 Å². The van der Waals surface area contributed by atoms with Crippen LogP contribution >= 0.6 is 12.4 Å². The third kappa shape index (κ3) is 4.22. The topological polar surface area (TPSA) is 63.1 Å². The number of halogens is 1. The SMILES string of the molecule is Cl.Cn1ccc(C(=O)NCC2=CCNCC2)cc1=O. The number of hydrogen-bond donors (Lipinski definition) is 2. The molecule has 2 rings (SSSR count). The molecule has 6 heteroatoms. The Morgan fingerprint density at radius 1 is 1.53 bits per heavy atom. The second-order valence-electron chi connectivity index (χ2n) is 4.36. The summed E-state index contributed by atoms with van der Waals surface area (Å²) in [6.07, 6.45) is 4.64. The fraction of sp³-hybridized carbons (Fsp3) is 0.385. The normalized spacial score (nSPS) is 14.3. The molecule has 1 aliphatic heterocycles. The van der Waals surface area contributed by atoms with Gasteiger partial charge in [0.1, 0.15) is 0 Å². The van der Waals surface area contributed by atoms with E-state index in [1.807, 2.05) is 0 Å². The van der Waals surface area contributed by atoms with Crippen molar-refractivity contribution in [3.63, 3.8) is 0 Å². The molecule has 5 nitrogen and oxygen atoms in total. The largest absolute Gasteiger partial charge is 0.348 e. The van der Waals surface area contributed by atoms with Gasteiger partial charge in [0.05, 0.1) is 0 Å². The lowest BCUT2D eigenvalue weighted by atomic mass is 10.1. The Balaban J connectivity index is 0.00000180. The standard InChI is InChI=1S/C13H17N3O2.ClH/c1-16-7-4-11(8-12(16)17)13(18)15-9-10-2-5-14-6-3-10;/h2,4,7-8,14H,3,5-6,9H2,1H3,(H,15,18);1H. The molecule has 2 heterocycles. The molecule has 0 aromatic carbocycles. The van der Waals surface area contributed by atoms with Crippen molar-refractivity contribution in [3.8, 4) is 0 Å². The molecule has 0 atom stereocenters. The summed E-state index contributed by atoms with van der Waals surface area (Å²) >= 11 is 0. The average molecular weight is 284 g/mol. The summed E-state index contributed by atoms with van der Waals surface area (Å²) in [7, 11) is 1.66. The van der Waals surface area contributed by atoms with Crippen LogP contribution in [0.2, 0.25) is 0 Å². The Kier molecular flexibility index (Phi) is 5.79. The van der Waals surface area contributed by atoms with Gasteiger partial charge >= 0.3 is 0 Å². The highest BCUT2D eigenvalue weighted by molar-refractivity contribution is 5.94. The molecule has 1 aliphatic rings. The quantitative estimate of drug-likeness (QED) is 0.792.